The third-order valence-corrected chi connectivity index (χ3v) is 2.68. The Hall–Kier alpha value is -3.09. The summed E-state index contributed by atoms with van der Waals surface area (Å²) in [6.45, 7) is 0. The van der Waals surface area contributed by atoms with Gasteiger partial charge in [0.1, 0.15) is 5.69 Å². The van der Waals surface area contributed by atoms with Crippen LogP contribution in [0, 0.1) is 0 Å². The first-order valence-electron chi connectivity index (χ1n) is 5.76. The van der Waals surface area contributed by atoms with Crippen molar-refractivity contribution in [3.63, 3.8) is 0 Å². The minimum atomic E-state index is -0.966. The van der Waals surface area contributed by atoms with Gasteiger partial charge in [0.2, 0.25) is 0 Å². The molecule has 0 spiro atoms. The average molecular weight is 267 g/mol. The number of aromatic carboxylic acids is 1. The summed E-state index contributed by atoms with van der Waals surface area (Å²) in [4.78, 5) is 23.2. The first-order chi connectivity index (χ1) is 9.74. The number of rotatable bonds is 3. The summed E-state index contributed by atoms with van der Waals surface area (Å²) in [6, 6.07) is 6.34. The van der Waals surface area contributed by atoms with E-state index in [-0.39, 0.29) is 5.56 Å². The maximum absolute atomic E-state index is 10.8. The van der Waals surface area contributed by atoms with Crippen molar-refractivity contribution in [2.24, 2.45) is 0 Å². The molecule has 0 unspecified atom stereocenters. The Balaban J connectivity index is 1.92. The molecule has 7 heteroatoms. The molecule has 0 amide bonds. The van der Waals surface area contributed by atoms with Crippen LogP contribution in [0.15, 0.2) is 42.9 Å². The summed E-state index contributed by atoms with van der Waals surface area (Å²) >= 11 is 0. The fourth-order valence-electron chi connectivity index (χ4n) is 1.69. The van der Waals surface area contributed by atoms with Gasteiger partial charge in [0.15, 0.2) is 11.6 Å². The molecule has 0 aliphatic heterocycles. The van der Waals surface area contributed by atoms with E-state index < -0.39 is 5.97 Å². The van der Waals surface area contributed by atoms with E-state index in [1.54, 1.807) is 30.7 Å². The number of nitrogens with one attached hydrogen (secondary N) is 1. The van der Waals surface area contributed by atoms with Crippen LogP contribution in [-0.2, 0) is 0 Å². The topological polar surface area (TPSA) is 105 Å². The lowest BCUT2D eigenvalue weighted by Crippen LogP contribution is -1.95. The molecule has 0 atom stereocenters. The summed E-state index contributed by atoms with van der Waals surface area (Å²) in [5, 5.41) is 15.7. The lowest BCUT2D eigenvalue weighted by atomic mass is 10.1. The second-order valence-electron chi connectivity index (χ2n) is 3.98. The molecule has 0 aliphatic carbocycles. The Labute approximate surface area is 113 Å². The van der Waals surface area contributed by atoms with Crippen molar-refractivity contribution in [3.05, 3.63) is 48.4 Å². The van der Waals surface area contributed by atoms with Crippen molar-refractivity contribution in [1.29, 1.82) is 0 Å². The average Bonchev–Trinajstić information content (AvgIpc) is 2.98. The van der Waals surface area contributed by atoms with Crippen molar-refractivity contribution in [1.82, 2.24) is 25.1 Å². The van der Waals surface area contributed by atoms with Gasteiger partial charge in [0.05, 0.1) is 11.8 Å². The Morgan fingerprint density at radius 2 is 1.95 bits per heavy atom. The molecular formula is C13H9N5O2. The van der Waals surface area contributed by atoms with Crippen molar-refractivity contribution in [2.45, 2.75) is 0 Å². The Bertz CT molecular complexity index is 737. The standard InChI is InChI=1S/C13H9N5O2/c19-13(20)9-3-1-8(2-4-9)11-16-12(18-17-11)10-7-14-5-6-15-10/h1-7H,(H,19,20)(H,16,17,18). The molecule has 2 N–H and O–H groups in total. The zero-order chi connectivity index (χ0) is 13.9. The highest BCUT2D eigenvalue weighted by Crippen LogP contribution is 2.18. The van der Waals surface area contributed by atoms with Gasteiger partial charge in [-0.3, -0.25) is 10.1 Å². The second kappa shape index (κ2) is 4.88. The van der Waals surface area contributed by atoms with Gasteiger partial charge in [-0.25, -0.2) is 14.8 Å². The van der Waals surface area contributed by atoms with Crippen molar-refractivity contribution < 1.29 is 9.90 Å². The van der Waals surface area contributed by atoms with E-state index in [9.17, 15) is 4.79 Å². The number of aromatic nitrogens is 5. The van der Waals surface area contributed by atoms with Crippen LogP contribution in [0.2, 0.25) is 0 Å². The molecule has 0 saturated heterocycles. The zero-order valence-corrected chi connectivity index (χ0v) is 10.2. The molecule has 0 saturated carbocycles. The van der Waals surface area contributed by atoms with Gasteiger partial charge in [0, 0.05) is 18.0 Å². The number of carboxylic acid groups (broad SMARTS) is 1. The molecule has 98 valence electrons. The SMILES string of the molecule is O=C(O)c1ccc(-c2n[nH]c(-c3cnccn3)n2)cc1. The maximum Gasteiger partial charge on any atom is 0.335 e. The fourth-order valence-corrected chi connectivity index (χ4v) is 1.69. The van der Waals surface area contributed by atoms with Crippen molar-refractivity contribution >= 4 is 5.97 Å². The predicted molar refractivity (Wildman–Crippen MR) is 69.8 cm³/mol. The summed E-state index contributed by atoms with van der Waals surface area (Å²) < 4.78 is 0. The number of hydrogen-bond acceptors (Lipinski definition) is 5. The quantitative estimate of drug-likeness (QED) is 0.747. The van der Waals surface area contributed by atoms with Crippen LogP contribution < -0.4 is 0 Å². The highest BCUT2D eigenvalue weighted by atomic mass is 16.4. The summed E-state index contributed by atoms with van der Waals surface area (Å²) in [6.07, 6.45) is 4.72. The third kappa shape index (κ3) is 2.24. The minimum Gasteiger partial charge on any atom is -0.478 e. The molecule has 0 fully saturated rings. The highest BCUT2D eigenvalue weighted by molar-refractivity contribution is 5.88. The molecule has 2 aromatic heterocycles. The van der Waals surface area contributed by atoms with Gasteiger partial charge in [-0.2, -0.15) is 5.10 Å². The largest absolute Gasteiger partial charge is 0.478 e. The van der Waals surface area contributed by atoms with Gasteiger partial charge in [-0.1, -0.05) is 12.1 Å². The van der Waals surface area contributed by atoms with E-state index in [4.69, 9.17) is 5.11 Å². The van der Waals surface area contributed by atoms with Crippen LogP contribution in [0.4, 0.5) is 0 Å². The Kier molecular flexibility index (Phi) is 2.92. The molecular weight excluding hydrogens is 258 g/mol. The van der Waals surface area contributed by atoms with Crippen LogP contribution in [0.5, 0.6) is 0 Å². The first-order valence-corrected chi connectivity index (χ1v) is 5.76. The van der Waals surface area contributed by atoms with E-state index >= 15 is 0 Å². The molecule has 0 radical (unpaired) electrons. The number of aromatic amines is 1. The molecule has 2 heterocycles. The summed E-state index contributed by atoms with van der Waals surface area (Å²) in [5.74, 6) is 0.0183. The van der Waals surface area contributed by atoms with Crippen molar-refractivity contribution in [3.8, 4) is 22.9 Å². The van der Waals surface area contributed by atoms with Crippen molar-refractivity contribution in [2.75, 3.05) is 0 Å². The Morgan fingerprint density at radius 3 is 2.60 bits per heavy atom. The van der Waals surface area contributed by atoms with Gasteiger partial charge in [-0.15, -0.1) is 0 Å². The van der Waals surface area contributed by atoms with Gasteiger partial charge < -0.3 is 5.11 Å². The smallest absolute Gasteiger partial charge is 0.335 e. The summed E-state index contributed by atoms with van der Waals surface area (Å²) in [7, 11) is 0. The number of hydrogen-bond donors (Lipinski definition) is 2. The molecule has 3 rings (SSSR count). The van der Waals surface area contributed by atoms with Gasteiger partial charge in [-0.05, 0) is 12.1 Å². The fraction of sp³-hybridized carbons (Fsp3) is 0. The molecule has 0 aliphatic rings. The predicted octanol–water partition coefficient (Wildman–Crippen LogP) is 1.63. The lowest BCUT2D eigenvalue weighted by molar-refractivity contribution is 0.0697. The molecule has 0 bridgehead atoms. The zero-order valence-electron chi connectivity index (χ0n) is 10.2. The second-order valence-corrected chi connectivity index (χ2v) is 3.98. The molecule has 1 aromatic carbocycles. The van der Waals surface area contributed by atoms with Crippen LogP contribution in [0.3, 0.4) is 0 Å². The van der Waals surface area contributed by atoms with E-state index in [1.807, 2.05) is 0 Å². The normalized spacial score (nSPS) is 10.4. The van der Waals surface area contributed by atoms with Crippen LogP contribution in [0.25, 0.3) is 22.9 Å². The van der Waals surface area contributed by atoms with E-state index in [1.165, 1.54) is 12.1 Å². The maximum atomic E-state index is 10.8. The third-order valence-electron chi connectivity index (χ3n) is 2.68. The molecule has 3 aromatic rings. The van der Waals surface area contributed by atoms with E-state index in [0.717, 1.165) is 5.56 Å². The number of H-pyrrole nitrogens is 1. The van der Waals surface area contributed by atoms with Crippen LogP contribution in [0.1, 0.15) is 10.4 Å². The number of carbonyl (C=O) groups is 1. The molecule has 7 nitrogen and oxygen atoms in total. The number of carboxylic acids is 1. The highest BCUT2D eigenvalue weighted by Gasteiger charge is 2.09. The molecule has 20 heavy (non-hydrogen) atoms. The summed E-state index contributed by atoms with van der Waals surface area (Å²) in [5.41, 5.74) is 1.54. The Morgan fingerprint density at radius 1 is 1.15 bits per heavy atom. The minimum absolute atomic E-state index is 0.221. The first kappa shape index (κ1) is 12.0. The monoisotopic (exact) mass is 267 g/mol. The van der Waals surface area contributed by atoms with Gasteiger partial charge >= 0.3 is 5.97 Å². The van der Waals surface area contributed by atoms with Crippen LogP contribution >= 0.6 is 0 Å². The van der Waals surface area contributed by atoms with Gasteiger partial charge in [0.25, 0.3) is 0 Å². The lowest BCUT2D eigenvalue weighted by Gasteiger charge is -1.96. The number of nitrogens with zero attached hydrogens (tertiary/aromatic N) is 4. The van der Waals surface area contributed by atoms with E-state index in [0.29, 0.717) is 17.3 Å². The number of benzene rings is 1. The van der Waals surface area contributed by atoms with Crippen LogP contribution in [-0.4, -0.2) is 36.2 Å². The van der Waals surface area contributed by atoms with E-state index in [2.05, 4.69) is 25.1 Å².